The maximum absolute atomic E-state index is 9.88. The Morgan fingerprint density at radius 2 is 0.667 bits per heavy atom. The third-order valence-electron chi connectivity index (χ3n) is 5.28. The molecule has 0 amide bonds. The van der Waals surface area contributed by atoms with Crippen molar-refractivity contribution in [2.24, 2.45) is 0 Å². The molecule has 146 valence electrons. The first-order valence-corrected chi connectivity index (χ1v) is 11.5. The Morgan fingerprint density at radius 3 is 1.04 bits per heavy atom. The van der Waals surface area contributed by atoms with E-state index in [2.05, 4.69) is 13.8 Å². The van der Waals surface area contributed by atoms with E-state index < -0.39 is 0 Å². The van der Waals surface area contributed by atoms with Gasteiger partial charge in [-0.15, -0.1) is 0 Å². The van der Waals surface area contributed by atoms with Gasteiger partial charge in [0.15, 0.2) is 0 Å². The van der Waals surface area contributed by atoms with E-state index in [9.17, 15) is 5.11 Å². The lowest BCUT2D eigenvalue weighted by Crippen LogP contribution is -2.05. The minimum atomic E-state index is -0.0291. The van der Waals surface area contributed by atoms with Crippen LogP contribution in [0.3, 0.4) is 0 Å². The van der Waals surface area contributed by atoms with Crippen molar-refractivity contribution in [3.05, 3.63) is 0 Å². The quantitative estimate of drug-likeness (QED) is 0.221. The van der Waals surface area contributed by atoms with Crippen LogP contribution in [-0.2, 0) is 0 Å². The van der Waals surface area contributed by atoms with Gasteiger partial charge >= 0.3 is 0 Å². The second kappa shape index (κ2) is 21.0. The summed E-state index contributed by atoms with van der Waals surface area (Å²) in [5, 5.41) is 9.88. The van der Waals surface area contributed by atoms with Crippen molar-refractivity contribution in [3.8, 4) is 0 Å². The smallest absolute Gasteiger partial charge is 0.0540 e. The summed E-state index contributed by atoms with van der Waals surface area (Å²) >= 11 is 0. The third-order valence-corrected chi connectivity index (χ3v) is 5.28. The van der Waals surface area contributed by atoms with Crippen molar-refractivity contribution >= 4 is 0 Å². The van der Waals surface area contributed by atoms with E-state index in [-0.39, 0.29) is 6.10 Å². The number of hydrogen-bond acceptors (Lipinski definition) is 1. The lowest BCUT2D eigenvalue weighted by Gasteiger charge is -2.09. The molecule has 0 heterocycles. The van der Waals surface area contributed by atoms with E-state index in [1.807, 2.05) is 0 Å². The van der Waals surface area contributed by atoms with Gasteiger partial charge in [0.2, 0.25) is 0 Å². The van der Waals surface area contributed by atoms with Crippen LogP contribution in [0.5, 0.6) is 0 Å². The molecule has 1 heteroatoms. The molecule has 0 aromatic rings. The summed E-state index contributed by atoms with van der Waals surface area (Å²) in [7, 11) is 0. The fourth-order valence-corrected chi connectivity index (χ4v) is 3.53. The molecule has 0 aromatic heterocycles. The second-order valence-corrected chi connectivity index (χ2v) is 7.89. The summed E-state index contributed by atoms with van der Waals surface area (Å²) in [6, 6.07) is 0. The summed E-state index contributed by atoms with van der Waals surface area (Å²) in [5.74, 6) is 0. The van der Waals surface area contributed by atoms with Crippen molar-refractivity contribution in [1.82, 2.24) is 0 Å². The van der Waals surface area contributed by atoms with Crippen molar-refractivity contribution in [2.75, 3.05) is 0 Å². The first kappa shape index (κ1) is 24.0. The first-order chi connectivity index (χ1) is 11.8. The van der Waals surface area contributed by atoms with Gasteiger partial charge in [0.1, 0.15) is 0 Å². The van der Waals surface area contributed by atoms with Gasteiger partial charge in [-0.1, -0.05) is 129 Å². The van der Waals surface area contributed by atoms with Crippen molar-refractivity contribution < 1.29 is 5.11 Å². The molecule has 0 saturated heterocycles. The Labute approximate surface area is 154 Å². The average molecular weight is 341 g/mol. The number of unbranched alkanes of at least 4 members (excludes halogenated alkanes) is 16. The van der Waals surface area contributed by atoms with Gasteiger partial charge in [-0.3, -0.25) is 0 Å². The highest BCUT2D eigenvalue weighted by Crippen LogP contribution is 2.15. The van der Waals surface area contributed by atoms with E-state index in [1.54, 1.807) is 0 Å². The van der Waals surface area contributed by atoms with Crippen molar-refractivity contribution in [3.63, 3.8) is 0 Å². The zero-order chi connectivity index (χ0) is 17.7. The van der Waals surface area contributed by atoms with Crippen LogP contribution in [0.2, 0.25) is 0 Å². The molecule has 0 aromatic carbocycles. The van der Waals surface area contributed by atoms with E-state index in [0.29, 0.717) is 0 Å². The molecule has 0 saturated carbocycles. The number of rotatable bonds is 20. The van der Waals surface area contributed by atoms with Gasteiger partial charge in [0, 0.05) is 0 Å². The molecule has 0 spiro atoms. The van der Waals surface area contributed by atoms with Crippen LogP contribution in [0.25, 0.3) is 0 Å². The molecule has 0 radical (unpaired) electrons. The van der Waals surface area contributed by atoms with E-state index in [0.717, 1.165) is 12.8 Å². The first-order valence-electron chi connectivity index (χ1n) is 11.5. The normalized spacial score (nSPS) is 12.6. The van der Waals surface area contributed by atoms with E-state index >= 15 is 0 Å². The molecule has 1 N–H and O–H groups in total. The van der Waals surface area contributed by atoms with Crippen LogP contribution < -0.4 is 0 Å². The van der Waals surface area contributed by atoms with Gasteiger partial charge in [0.25, 0.3) is 0 Å². The SMILES string of the molecule is CCCCCCCCCCCCCCCCCC(O)CCCCC. The zero-order valence-corrected chi connectivity index (χ0v) is 17.2. The number of hydrogen-bond donors (Lipinski definition) is 1. The van der Waals surface area contributed by atoms with Crippen LogP contribution in [0, 0.1) is 0 Å². The predicted octanol–water partition coefficient (Wildman–Crippen LogP) is 8.19. The molecule has 1 atom stereocenters. The second-order valence-electron chi connectivity index (χ2n) is 7.89. The Hall–Kier alpha value is -0.0400. The average Bonchev–Trinajstić information content (AvgIpc) is 2.58. The van der Waals surface area contributed by atoms with E-state index in [1.165, 1.54) is 116 Å². The summed E-state index contributed by atoms with van der Waals surface area (Å²) in [5.41, 5.74) is 0. The zero-order valence-electron chi connectivity index (χ0n) is 17.2. The lowest BCUT2D eigenvalue weighted by atomic mass is 10.0. The largest absolute Gasteiger partial charge is 0.393 e. The summed E-state index contributed by atoms with van der Waals surface area (Å²) in [6.07, 6.45) is 26.9. The van der Waals surface area contributed by atoms with Crippen LogP contribution in [-0.4, -0.2) is 11.2 Å². The van der Waals surface area contributed by atoms with Crippen LogP contribution in [0.4, 0.5) is 0 Å². The summed E-state index contributed by atoms with van der Waals surface area (Å²) < 4.78 is 0. The van der Waals surface area contributed by atoms with Gasteiger partial charge in [0.05, 0.1) is 6.10 Å². The Morgan fingerprint density at radius 1 is 0.417 bits per heavy atom. The fourth-order valence-electron chi connectivity index (χ4n) is 3.53. The Bertz CT molecular complexity index is 214. The van der Waals surface area contributed by atoms with Crippen molar-refractivity contribution in [1.29, 1.82) is 0 Å². The summed E-state index contributed by atoms with van der Waals surface area (Å²) in [6.45, 7) is 4.51. The minimum absolute atomic E-state index is 0.0291. The summed E-state index contributed by atoms with van der Waals surface area (Å²) in [4.78, 5) is 0. The Kier molecular flexibility index (Phi) is 21.0. The highest BCUT2D eigenvalue weighted by Gasteiger charge is 2.03. The van der Waals surface area contributed by atoms with Gasteiger partial charge < -0.3 is 5.11 Å². The topological polar surface area (TPSA) is 20.2 Å². The monoisotopic (exact) mass is 340 g/mol. The molecular formula is C23H48O. The number of aliphatic hydroxyl groups is 1. The molecule has 0 rings (SSSR count). The molecule has 0 aliphatic carbocycles. The van der Waals surface area contributed by atoms with E-state index in [4.69, 9.17) is 0 Å². The van der Waals surface area contributed by atoms with Crippen LogP contribution in [0.15, 0.2) is 0 Å². The highest BCUT2D eigenvalue weighted by molar-refractivity contribution is 4.57. The molecule has 1 nitrogen and oxygen atoms in total. The van der Waals surface area contributed by atoms with Crippen LogP contribution in [0.1, 0.15) is 142 Å². The van der Waals surface area contributed by atoms with Gasteiger partial charge in [-0.05, 0) is 12.8 Å². The van der Waals surface area contributed by atoms with Gasteiger partial charge in [-0.25, -0.2) is 0 Å². The standard InChI is InChI=1S/C23H48O/c1-3-5-7-8-9-10-11-12-13-14-15-16-17-18-20-22-23(24)21-19-6-4-2/h23-24H,3-22H2,1-2H3. The molecular weight excluding hydrogens is 292 g/mol. The minimum Gasteiger partial charge on any atom is -0.393 e. The number of aliphatic hydroxyl groups excluding tert-OH is 1. The maximum Gasteiger partial charge on any atom is 0.0540 e. The van der Waals surface area contributed by atoms with Gasteiger partial charge in [-0.2, -0.15) is 0 Å². The van der Waals surface area contributed by atoms with Crippen molar-refractivity contribution in [2.45, 2.75) is 148 Å². The molecule has 0 aliphatic rings. The Balaban J connectivity index is 3.05. The molecule has 0 aliphatic heterocycles. The molecule has 24 heavy (non-hydrogen) atoms. The molecule has 0 bridgehead atoms. The molecule has 0 fully saturated rings. The third kappa shape index (κ3) is 20.0. The lowest BCUT2D eigenvalue weighted by molar-refractivity contribution is 0.147. The molecule has 1 unspecified atom stereocenters. The fraction of sp³-hybridized carbons (Fsp3) is 1.00. The predicted molar refractivity (Wildman–Crippen MR) is 110 cm³/mol. The van der Waals surface area contributed by atoms with Crippen LogP contribution >= 0.6 is 0 Å². The maximum atomic E-state index is 9.88. The highest BCUT2D eigenvalue weighted by atomic mass is 16.3.